The quantitative estimate of drug-likeness (QED) is 0.642. The van der Waals surface area contributed by atoms with Crippen LogP contribution in [-0.2, 0) is 11.3 Å². The van der Waals surface area contributed by atoms with Crippen molar-refractivity contribution in [1.29, 1.82) is 0 Å². The van der Waals surface area contributed by atoms with Gasteiger partial charge in [0.2, 0.25) is 17.5 Å². The van der Waals surface area contributed by atoms with Crippen molar-refractivity contribution in [3.05, 3.63) is 53.4 Å². The average molecular weight is 341 g/mol. The molecular formula is C16H15F4N3O. The van der Waals surface area contributed by atoms with Gasteiger partial charge in [-0.1, -0.05) is 26.0 Å². The number of hydrogen-bond donors (Lipinski definition) is 2. The molecule has 2 aromatic rings. The lowest BCUT2D eigenvalue weighted by Gasteiger charge is -2.11. The molecule has 1 aromatic heterocycles. The zero-order valence-electron chi connectivity index (χ0n) is 13.0. The molecule has 0 aliphatic rings. The topological polar surface area (TPSA) is 54.0 Å². The molecule has 0 saturated heterocycles. The number of anilines is 2. The van der Waals surface area contributed by atoms with Crippen molar-refractivity contribution in [3.63, 3.8) is 0 Å². The summed E-state index contributed by atoms with van der Waals surface area (Å²) < 4.78 is 53.0. The summed E-state index contributed by atoms with van der Waals surface area (Å²) in [5, 5.41) is 4.99. The standard InChI is InChI=1S/C16H15F4N3O/c1-8(2)16(24)22-10-5-3-9(4-6-10)7-21-13-11(17)14(19)23-15(20)12(13)18/h3-6,8H,7H2,1-2H3,(H,21,23)(H,22,24). The number of carbonyl (C=O) groups excluding carboxylic acids is 1. The van der Waals surface area contributed by atoms with Crippen LogP contribution < -0.4 is 10.6 Å². The number of nitrogens with one attached hydrogen (secondary N) is 2. The minimum absolute atomic E-state index is 0.0743. The van der Waals surface area contributed by atoms with E-state index in [9.17, 15) is 22.4 Å². The first kappa shape index (κ1) is 17.7. The Bertz CT molecular complexity index is 722. The van der Waals surface area contributed by atoms with Crippen LogP contribution in [0.3, 0.4) is 0 Å². The van der Waals surface area contributed by atoms with Crippen molar-refractivity contribution in [1.82, 2.24) is 4.98 Å². The average Bonchev–Trinajstić information content (AvgIpc) is 2.54. The Balaban J connectivity index is 2.07. The molecule has 0 atom stereocenters. The summed E-state index contributed by atoms with van der Waals surface area (Å²) in [6.45, 7) is 3.43. The first-order chi connectivity index (χ1) is 11.3. The number of benzene rings is 1. The van der Waals surface area contributed by atoms with Gasteiger partial charge in [-0.05, 0) is 17.7 Å². The second-order valence-corrected chi connectivity index (χ2v) is 5.39. The monoisotopic (exact) mass is 341 g/mol. The van der Waals surface area contributed by atoms with Gasteiger partial charge in [-0.15, -0.1) is 0 Å². The fourth-order valence-electron chi connectivity index (χ4n) is 1.83. The van der Waals surface area contributed by atoms with Crippen LogP contribution in [-0.4, -0.2) is 10.9 Å². The Morgan fingerprint density at radius 1 is 1.04 bits per heavy atom. The number of carbonyl (C=O) groups is 1. The highest BCUT2D eigenvalue weighted by Crippen LogP contribution is 2.23. The van der Waals surface area contributed by atoms with E-state index in [0.717, 1.165) is 0 Å². The minimum atomic E-state index is -1.72. The molecule has 1 heterocycles. The maximum absolute atomic E-state index is 13.5. The lowest BCUT2D eigenvalue weighted by atomic mass is 10.1. The normalized spacial score (nSPS) is 10.8. The number of halogens is 4. The van der Waals surface area contributed by atoms with Crippen LogP contribution in [0.5, 0.6) is 0 Å². The second kappa shape index (κ2) is 7.29. The summed E-state index contributed by atoms with van der Waals surface area (Å²) in [5.41, 5.74) is 0.238. The number of rotatable bonds is 5. The van der Waals surface area contributed by atoms with Gasteiger partial charge in [-0.3, -0.25) is 4.79 Å². The van der Waals surface area contributed by atoms with Gasteiger partial charge in [-0.25, -0.2) is 0 Å². The van der Waals surface area contributed by atoms with E-state index in [-0.39, 0.29) is 18.4 Å². The Morgan fingerprint density at radius 2 is 1.58 bits per heavy atom. The Labute approximate surface area is 135 Å². The molecule has 0 spiro atoms. The molecule has 0 aliphatic heterocycles. The van der Waals surface area contributed by atoms with Crippen molar-refractivity contribution in [2.45, 2.75) is 20.4 Å². The molecule has 24 heavy (non-hydrogen) atoms. The summed E-state index contributed by atoms with van der Waals surface area (Å²) in [5.74, 6) is -6.93. The maximum Gasteiger partial charge on any atom is 0.253 e. The lowest BCUT2D eigenvalue weighted by Crippen LogP contribution is -2.17. The van der Waals surface area contributed by atoms with E-state index in [1.54, 1.807) is 38.1 Å². The maximum atomic E-state index is 13.5. The van der Waals surface area contributed by atoms with Gasteiger partial charge in [0.1, 0.15) is 5.69 Å². The molecule has 1 amide bonds. The molecule has 2 N–H and O–H groups in total. The third-order valence-corrected chi connectivity index (χ3v) is 3.21. The Morgan fingerprint density at radius 3 is 2.08 bits per heavy atom. The number of amides is 1. The molecule has 1 aromatic carbocycles. The van der Waals surface area contributed by atoms with Crippen molar-refractivity contribution in [2.24, 2.45) is 5.92 Å². The second-order valence-electron chi connectivity index (χ2n) is 5.39. The largest absolute Gasteiger partial charge is 0.376 e. The first-order valence-corrected chi connectivity index (χ1v) is 7.13. The molecule has 8 heteroatoms. The molecule has 0 aliphatic carbocycles. The third-order valence-electron chi connectivity index (χ3n) is 3.21. The predicted molar refractivity (Wildman–Crippen MR) is 81.3 cm³/mol. The van der Waals surface area contributed by atoms with Crippen LogP contribution in [0.1, 0.15) is 19.4 Å². The van der Waals surface area contributed by atoms with Gasteiger partial charge in [0.25, 0.3) is 11.9 Å². The minimum Gasteiger partial charge on any atom is -0.376 e. The van der Waals surface area contributed by atoms with E-state index >= 15 is 0 Å². The van der Waals surface area contributed by atoms with E-state index in [1.807, 2.05) is 0 Å². The van der Waals surface area contributed by atoms with Gasteiger partial charge in [0, 0.05) is 18.2 Å². The van der Waals surface area contributed by atoms with Crippen molar-refractivity contribution >= 4 is 17.3 Å². The fraction of sp³-hybridized carbons (Fsp3) is 0.250. The number of pyridine rings is 1. The molecule has 0 fully saturated rings. The van der Waals surface area contributed by atoms with Gasteiger partial charge in [0.15, 0.2) is 0 Å². The summed E-state index contributed by atoms with van der Waals surface area (Å²) in [4.78, 5) is 14.0. The molecule has 4 nitrogen and oxygen atoms in total. The van der Waals surface area contributed by atoms with Gasteiger partial charge in [-0.2, -0.15) is 22.5 Å². The molecule has 128 valence electrons. The van der Waals surface area contributed by atoms with Crippen LogP contribution in [0.15, 0.2) is 24.3 Å². The van der Waals surface area contributed by atoms with Crippen LogP contribution >= 0.6 is 0 Å². The highest BCUT2D eigenvalue weighted by atomic mass is 19.2. The van der Waals surface area contributed by atoms with E-state index < -0.39 is 29.2 Å². The van der Waals surface area contributed by atoms with Crippen LogP contribution in [0.2, 0.25) is 0 Å². The fourth-order valence-corrected chi connectivity index (χ4v) is 1.83. The summed E-state index contributed by atoms with van der Waals surface area (Å²) >= 11 is 0. The number of hydrogen-bond acceptors (Lipinski definition) is 3. The summed E-state index contributed by atoms with van der Waals surface area (Å²) in [6.07, 6.45) is 0. The third kappa shape index (κ3) is 4.01. The summed E-state index contributed by atoms with van der Waals surface area (Å²) in [7, 11) is 0. The Hall–Kier alpha value is -2.64. The number of aromatic nitrogens is 1. The van der Waals surface area contributed by atoms with E-state index in [0.29, 0.717) is 11.3 Å². The number of nitrogens with zero attached hydrogens (tertiary/aromatic N) is 1. The molecule has 0 bridgehead atoms. The highest BCUT2D eigenvalue weighted by Gasteiger charge is 2.20. The highest BCUT2D eigenvalue weighted by molar-refractivity contribution is 5.92. The molecule has 2 rings (SSSR count). The Kier molecular flexibility index (Phi) is 5.38. The summed E-state index contributed by atoms with van der Waals surface area (Å²) in [6, 6.07) is 6.43. The molecule has 0 radical (unpaired) electrons. The van der Waals surface area contributed by atoms with Gasteiger partial charge < -0.3 is 10.6 Å². The van der Waals surface area contributed by atoms with Gasteiger partial charge >= 0.3 is 0 Å². The van der Waals surface area contributed by atoms with E-state index in [1.165, 1.54) is 0 Å². The van der Waals surface area contributed by atoms with Crippen molar-refractivity contribution < 1.29 is 22.4 Å². The van der Waals surface area contributed by atoms with Crippen LogP contribution in [0.4, 0.5) is 28.9 Å². The van der Waals surface area contributed by atoms with E-state index in [2.05, 4.69) is 15.6 Å². The molecule has 0 unspecified atom stereocenters. The van der Waals surface area contributed by atoms with E-state index in [4.69, 9.17) is 0 Å². The predicted octanol–water partition coefficient (Wildman–Crippen LogP) is 3.84. The zero-order chi connectivity index (χ0) is 17.9. The smallest absolute Gasteiger partial charge is 0.253 e. The van der Waals surface area contributed by atoms with Crippen molar-refractivity contribution in [2.75, 3.05) is 10.6 Å². The van der Waals surface area contributed by atoms with Crippen LogP contribution in [0, 0.1) is 29.4 Å². The SMILES string of the molecule is CC(C)C(=O)Nc1ccc(CNc2c(F)c(F)nc(F)c2F)cc1. The van der Waals surface area contributed by atoms with Crippen molar-refractivity contribution in [3.8, 4) is 0 Å². The lowest BCUT2D eigenvalue weighted by molar-refractivity contribution is -0.118. The molecule has 0 saturated carbocycles. The van der Waals surface area contributed by atoms with Crippen LogP contribution in [0.25, 0.3) is 0 Å². The zero-order valence-corrected chi connectivity index (χ0v) is 13.0. The molecular weight excluding hydrogens is 326 g/mol. The first-order valence-electron chi connectivity index (χ1n) is 7.13. The van der Waals surface area contributed by atoms with Gasteiger partial charge in [0.05, 0.1) is 0 Å².